The number of pyridine rings is 1. The van der Waals surface area contributed by atoms with Gasteiger partial charge in [0.1, 0.15) is 5.76 Å². The first-order valence-electron chi connectivity index (χ1n) is 11.3. The van der Waals surface area contributed by atoms with Crippen LogP contribution in [-0.4, -0.2) is 24.5 Å². The third kappa shape index (κ3) is 5.15. The summed E-state index contributed by atoms with van der Waals surface area (Å²) in [6.45, 7) is 5.16. The molecule has 1 aliphatic carbocycles. The second-order valence-corrected chi connectivity index (χ2v) is 10.7. The molecule has 1 aromatic carbocycles. The molecule has 2 aromatic heterocycles. The topological polar surface area (TPSA) is 122 Å². The molecule has 0 unspecified atom stereocenters. The highest BCUT2D eigenvalue weighted by molar-refractivity contribution is 7.89. The van der Waals surface area contributed by atoms with Crippen molar-refractivity contribution in [2.75, 3.05) is 5.32 Å². The van der Waals surface area contributed by atoms with E-state index < -0.39 is 26.7 Å². The van der Waals surface area contributed by atoms with Crippen LogP contribution in [0.5, 0.6) is 0 Å². The molecule has 2 amide bonds. The average molecular weight is 484 g/mol. The quantitative estimate of drug-likeness (QED) is 0.419. The van der Waals surface area contributed by atoms with Crippen LogP contribution in [0, 0.1) is 0 Å². The summed E-state index contributed by atoms with van der Waals surface area (Å²) in [7, 11) is -4.31. The Balaban J connectivity index is 1.62. The number of aromatic nitrogens is 1. The molecule has 3 N–H and O–H groups in total. The number of sulfonamides is 1. The molecule has 0 atom stereocenters. The Morgan fingerprint density at radius 2 is 1.91 bits per heavy atom. The van der Waals surface area contributed by atoms with Crippen molar-refractivity contribution in [1.82, 2.24) is 9.71 Å². The molecule has 1 aliphatic rings. The van der Waals surface area contributed by atoms with Gasteiger partial charge in [-0.2, -0.15) is 8.42 Å². The van der Waals surface area contributed by atoms with E-state index in [2.05, 4.69) is 10.3 Å². The van der Waals surface area contributed by atoms with Crippen molar-refractivity contribution >= 4 is 21.7 Å². The minimum Gasteiger partial charge on any atom is -0.447 e. The number of anilines is 1. The average Bonchev–Trinajstić information content (AvgIpc) is 3.51. The molecule has 1 saturated carbocycles. The van der Waals surface area contributed by atoms with Crippen LogP contribution in [0.3, 0.4) is 0 Å². The highest BCUT2D eigenvalue weighted by Crippen LogP contribution is 2.46. The van der Waals surface area contributed by atoms with Crippen LogP contribution < -0.4 is 10.0 Å². The van der Waals surface area contributed by atoms with E-state index >= 15 is 0 Å². The molecule has 0 spiro atoms. The van der Waals surface area contributed by atoms with Gasteiger partial charge in [0.05, 0.1) is 11.3 Å². The first-order valence-corrected chi connectivity index (χ1v) is 12.8. The number of aryl methyl sites for hydroxylation is 1. The largest absolute Gasteiger partial charge is 0.447 e. The fourth-order valence-electron chi connectivity index (χ4n) is 3.90. The SMILES string of the molecule is CCCc1cncc(-c2ccccc2)c1NC(=O)NS(=O)(=O)c1cc(C(C)(C)O)c(C2CC2)o1. The third-order valence-corrected chi connectivity index (χ3v) is 6.89. The van der Waals surface area contributed by atoms with Crippen LogP contribution >= 0.6 is 0 Å². The lowest BCUT2D eigenvalue weighted by Gasteiger charge is -2.16. The van der Waals surface area contributed by atoms with E-state index in [-0.39, 0.29) is 5.92 Å². The number of urea groups is 1. The Morgan fingerprint density at radius 1 is 1.21 bits per heavy atom. The number of rotatable bonds is 8. The van der Waals surface area contributed by atoms with Crippen molar-refractivity contribution in [3.05, 3.63) is 65.7 Å². The van der Waals surface area contributed by atoms with E-state index in [1.807, 2.05) is 42.0 Å². The number of aliphatic hydroxyl groups is 1. The number of nitrogens with zero attached hydrogens (tertiary/aromatic N) is 1. The van der Waals surface area contributed by atoms with Gasteiger partial charge in [-0.3, -0.25) is 4.98 Å². The molecule has 2 heterocycles. The number of benzene rings is 1. The minimum absolute atomic E-state index is 0.0843. The van der Waals surface area contributed by atoms with E-state index in [0.29, 0.717) is 29.0 Å². The van der Waals surface area contributed by atoms with E-state index in [1.54, 1.807) is 26.2 Å². The van der Waals surface area contributed by atoms with E-state index in [9.17, 15) is 18.3 Å². The summed E-state index contributed by atoms with van der Waals surface area (Å²) in [5.74, 6) is 0.542. The second kappa shape index (κ2) is 9.23. The first-order chi connectivity index (χ1) is 16.1. The molecule has 3 aromatic rings. The second-order valence-electron chi connectivity index (χ2n) is 9.07. The van der Waals surface area contributed by atoms with Crippen molar-refractivity contribution in [3.8, 4) is 11.1 Å². The van der Waals surface area contributed by atoms with Crippen LogP contribution in [0.25, 0.3) is 11.1 Å². The molecule has 0 aliphatic heterocycles. The third-order valence-electron chi connectivity index (χ3n) is 5.70. The van der Waals surface area contributed by atoms with Gasteiger partial charge in [-0.05, 0) is 44.2 Å². The van der Waals surface area contributed by atoms with E-state index in [0.717, 1.165) is 30.4 Å². The lowest BCUT2D eigenvalue weighted by atomic mass is 9.97. The molecule has 0 saturated heterocycles. The molecule has 0 radical (unpaired) electrons. The number of carbonyl (C=O) groups is 1. The Kier molecular flexibility index (Phi) is 6.51. The molecule has 0 bridgehead atoms. The van der Waals surface area contributed by atoms with Gasteiger partial charge in [0.25, 0.3) is 10.0 Å². The Morgan fingerprint density at radius 3 is 2.53 bits per heavy atom. The predicted molar refractivity (Wildman–Crippen MR) is 129 cm³/mol. The molecular formula is C25H29N3O5S. The van der Waals surface area contributed by atoms with Crippen LogP contribution in [0.15, 0.2) is 58.3 Å². The van der Waals surface area contributed by atoms with Crippen LogP contribution in [0.4, 0.5) is 10.5 Å². The van der Waals surface area contributed by atoms with Crippen molar-refractivity contribution in [2.24, 2.45) is 0 Å². The number of carbonyl (C=O) groups excluding carboxylic acids is 1. The molecule has 9 heteroatoms. The van der Waals surface area contributed by atoms with E-state index in [1.165, 1.54) is 6.07 Å². The molecule has 34 heavy (non-hydrogen) atoms. The zero-order valence-electron chi connectivity index (χ0n) is 19.5. The lowest BCUT2D eigenvalue weighted by molar-refractivity contribution is 0.0765. The van der Waals surface area contributed by atoms with Crippen molar-refractivity contribution < 1.29 is 22.7 Å². The molecule has 4 rings (SSSR count). The first kappa shape index (κ1) is 24.0. The van der Waals surface area contributed by atoms with Gasteiger partial charge in [0.15, 0.2) is 0 Å². The molecule has 180 valence electrons. The van der Waals surface area contributed by atoms with Gasteiger partial charge >= 0.3 is 6.03 Å². The Labute approximate surface area is 199 Å². The summed E-state index contributed by atoms with van der Waals surface area (Å²) >= 11 is 0. The van der Waals surface area contributed by atoms with Crippen molar-refractivity contribution in [3.63, 3.8) is 0 Å². The van der Waals surface area contributed by atoms with Crippen molar-refractivity contribution in [1.29, 1.82) is 0 Å². The normalized spacial score (nSPS) is 14.1. The van der Waals surface area contributed by atoms with Gasteiger partial charge in [0, 0.05) is 35.5 Å². The number of amides is 2. The van der Waals surface area contributed by atoms with Crippen LogP contribution in [0.2, 0.25) is 0 Å². The number of nitrogens with one attached hydrogen (secondary N) is 2. The minimum atomic E-state index is -4.31. The van der Waals surface area contributed by atoms with E-state index in [4.69, 9.17) is 4.42 Å². The highest BCUT2D eigenvalue weighted by atomic mass is 32.2. The van der Waals surface area contributed by atoms with Gasteiger partial charge < -0.3 is 14.8 Å². The number of hydrogen-bond acceptors (Lipinski definition) is 6. The van der Waals surface area contributed by atoms with Gasteiger partial charge in [-0.25, -0.2) is 9.52 Å². The van der Waals surface area contributed by atoms with Gasteiger partial charge in [-0.15, -0.1) is 0 Å². The van der Waals surface area contributed by atoms with Crippen LogP contribution in [-0.2, 0) is 22.0 Å². The highest BCUT2D eigenvalue weighted by Gasteiger charge is 2.37. The maximum Gasteiger partial charge on any atom is 0.333 e. The number of furan rings is 1. The zero-order chi connectivity index (χ0) is 24.5. The monoisotopic (exact) mass is 483 g/mol. The number of hydrogen-bond donors (Lipinski definition) is 3. The van der Waals surface area contributed by atoms with Crippen LogP contribution in [0.1, 0.15) is 62.8 Å². The fraction of sp³-hybridized carbons (Fsp3) is 0.360. The summed E-state index contributed by atoms with van der Waals surface area (Å²) < 4.78 is 33.6. The summed E-state index contributed by atoms with van der Waals surface area (Å²) in [6, 6.07) is 9.83. The predicted octanol–water partition coefficient (Wildman–Crippen LogP) is 4.91. The standard InChI is InChI=1S/C25H29N3O5S/c1-4-8-18-14-26-15-19(16-9-6-5-7-10-16)22(18)27-24(29)28-34(31,32)21-13-20(25(2,3)30)23(33-21)17-11-12-17/h5-7,9-10,13-15,17,30H,4,8,11-12H2,1-3H3,(H2,26,27,28,29). The van der Waals surface area contributed by atoms with Gasteiger partial charge in [-0.1, -0.05) is 43.7 Å². The maximum absolute atomic E-state index is 13.0. The smallest absolute Gasteiger partial charge is 0.333 e. The Hall–Kier alpha value is -3.17. The van der Waals surface area contributed by atoms with Crippen molar-refractivity contribution in [2.45, 2.75) is 63.1 Å². The molecule has 1 fully saturated rings. The van der Waals surface area contributed by atoms with Gasteiger partial charge in [0.2, 0.25) is 5.09 Å². The maximum atomic E-state index is 13.0. The summed E-state index contributed by atoms with van der Waals surface area (Å²) in [4.78, 5) is 17.2. The zero-order valence-corrected chi connectivity index (χ0v) is 20.3. The molecule has 8 nitrogen and oxygen atoms in total. The summed E-state index contributed by atoms with van der Waals surface area (Å²) in [6.07, 6.45) is 6.54. The summed E-state index contributed by atoms with van der Waals surface area (Å²) in [5.41, 5.74) is 1.99. The summed E-state index contributed by atoms with van der Waals surface area (Å²) in [5, 5.41) is 12.8. The molecular weight excluding hydrogens is 454 g/mol. The fourth-order valence-corrected chi connectivity index (χ4v) is 4.77. The Bertz CT molecular complexity index is 1290. The lowest BCUT2D eigenvalue weighted by Crippen LogP contribution is -2.34.